The van der Waals surface area contributed by atoms with Gasteiger partial charge in [-0.15, -0.1) is 11.3 Å². The highest BCUT2D eigenvalue weighted by atomic mass is 32.1. The van der Waals surface area contributed by atoms with Crippen LogP contribution in [0.25, 0.3) is 20.5 Å². The number of halogens is 1. The second kappa shape index (κ2) is 11.5. The van der Waals surface area contributed by atoms with Gasteiger partial charge in [0.25, 0.3) is 0 Å². The minimum absolute atomic E-state index is 0.222. The highest BCUT2D eigenvalue weighted by molar-refractivity contribution is 7.22. The Morgan fingerprint density at radius 2 is 1.15 bits per heavy atom. The number of thiophene rings is 1. The van der Waals surface area contributed by atoms with Crippen molar-refractivity contribution in [3.05, 3.63) is 155 Å². The third kappa shape index (κ3) is 6.02. The van der Waals surface area contributed by atoms with E-state index in [1.807, 2.05) is 66.7 Å². The summed E-state index contributed by atoms with van der Waals surface area (Å²) in [6.45, 7) is 1.06. The Morgan fingerprint density at radius 3 is 1.79 bits per heavy atom. The molecule has 0 aliphatic carbocycles. The Balaban J connectivity index is 1.29. The van der Waals surface area contributed by atoms with E-state index in [9.17, 15) is 4.39 Å². The predicted molar refractivity (Wildman–Crippen MR) is 158 cm³/mol. The van der Waals surface area contributed by atoms with Crippen molar-refractivity contribution < 1.29 is 13.9 Å². The van der Waals surface area contributed by atoms with Crippen molar-refractivity contribution in [2.45, 2.75) is 19.6 Å². The fourth-order valence-electron chi connectivity index (χ4n) is 4.62. The van der Waals surface area contributed by atoms with Crippen LogP contribution in [0.5, 0.6) is 11.5 Å². The van der Waals surface area contributed by atoms with Crippen molar-refractivity contribution in [1.29, 1.82) is 0 Å². The van der Waals surface area contributed by atoms with E-state index in [2.05, 4.69) is 48.5 Å². The van der Waals surface area contributed by atoms with Gasteiger partial charge in [0.1, 0.15) is 30.5 Å². The van der Waals surface area contributed by atoms with Crippen LogP contribution >= 0.6 is 11.3 Å². The number of hydrogen-bond acceptors (Lipinski definition) is 3. The Kier molecular flexibility index (Phi) is 7.37. The van der Waals surface area contributed by atoms with Crippen LogP contribution in [0.4, 0.5) is 4.39 Å². The first-order valence-corrected chi connectivity index (χ1v) is 13.8. The number of hydrogen-bond donors (Lipinski definition) is 0. The van der Waals surface area contributed by atoms with Gasteiger partial charge in [-0.25, -0.2) is 4.39 Å². The molecule has 0 atom stereocenters. The van der Waals surface area contributed by atoms with Crippen LogP contribution in [0.3, 0.4) is 0 Å². The molecule has 0 aliphatic heterocycles. The zero-order chi connectivity index (χ0) is 26.4. The van der Waals surface area contributed by atoms with Crippen molar-refractivity contribution in [2.75, 3.05) is 0 Å². The summed E-state index contributed by atoms with van der Waals surface area (Å²) < 4.78 is 26.9. The Morgan fingerprint density at radius 1 is 0.564 bits per heavy atom. The second-order valence-electron chi connectivity index (χ2n) is 9.44. The van der Waals surface area contributed by atoms with Gasteiger partial charge < -0.3 is 9.47 Å². The Bertz CT molecular complexity index is 1660. The summed E-state index contributed by atoms with van der Waals surface area (Å²) in [6.07, 6.45) is 0.714. The average Bonchev–Trinajstić information content (AvgIpc) is 3.35. The molecule has 0 saturated carbocycles. The molecule has 39 heavy (non-hydrogen) atoms. The number of fused-ring (bicyclic) bond motifs is 1. The normalized spacial score (nSPS) is 11.0. The van der Waals surface area contributed by atoms with Crippen molar-refractivity contribution in [2.24, 2.45) is 0 Å². The Labute approximate surface area is 231 Å². The largest absolute Gasteiger partial charge is 0.489 e. The van der Waals surface area contributed by atoms with E-state index in [-0.39, 0.29) is 5.82 Å². The summed E-state index contributed by atoms with van der Waals surface area (Å²) in [6, 6.07) is 41.7. The maximum atomic E-state index is 13.6. The quantitative estimate of drug-likeness (QED) is 0.185. The van der Waals surface area contributed by atoms with Crippen LogP contribution in [0.2, 0.25) is 0 Å². The molecular formula is C35H27FO2S. The van der Waals surface area contributed by atoms with Crippen molar-refractivity contribution >= 4 is 21.4 Å². The fraction of sp³-hybridized carbons (Fsp3) is 0.0857. The molecule has 0 spiro atoms. The van der Waals surface area contributed by atoms with E-state index in [1.165, 1.54) is 28.0 Å². The highest BCUT2D eigenvalue weighted by Crippen LogP contribution is 2.41. The molecule has 5 aromatic carbocycles. The summed E-state index contributed by atoms with van der Waals surface area (Å²) in [5.41, 5.74) is 5.71. The van der Waals surface area contributed by atoms with Gasteiger partial charge in [0.15, 0.2) is 0 Å². The molecule has 0 radical (unpaired) electrons. The van der Waals surface area contributed by atoms with Gasteiger partial charge in [-0.1, -0.05) is 72.8 Å². The van der Waals surface area contributed by atoms with Crippen molar-refractivity contribution in [3.63, 3.8) is 0 Å². The minimum atomic E-state index is -0.222. The Hall–Kier alpha value is -4.41. The molecule has 0 saturated heterocycles. The summed E-state index contributed by atoms with van der Waals surface area (Å²) in [5, 5.41) is 1.19. The lowest BCUT2D eigenvalue weighted by Gasteiger charge is -2.09. The van der Waals surface area contributed by atoms with Gasteiger partial charge in [0, 0.05) is 9.58 Å². The standard InChI is InChI=1S/C35H27FO2S/c36-29-15-11-25(12-16-29)21-33-32-20-19-31(38-24-27-9-5-2-6-10-27)22-34(32)39-35(33)28-13-17-30(18-14-28)37-23-26-7-3-1-4-8-26/h1-20,22H,21,23-24H2. The molecule has 4 heteroatoms. The number of benzene rings is 5. The SMILES string of the molecule is Fc1ccc(Cc2c(-c3ccc(OCc4ccccc4)cc3)sc3cc(OCc4ccccc4)ccc23)cc1. The molecule has 0 bridgehead atoms. The molecule has 1 heterocycles. The molecule has 192 valence electrons. The van der Waals surface area contributed by atoms with Crippen LogP contribution in [0, 0.1) is 5.82 Å². The second-order valence-corrected chi connectivity index (χ2v) is 10.5. The molecule has 6 aromatic rings. The zero-order valence-corrected chi connectivity index (χ0v) is 22.2. The average molecular weight is 531 g/mol. The van der Waals surface area contributed by atoms with Gasteiger partial charge in [-0.05, 0) is 94.2 Å². The first-order chi connectivity index (χ1) is 19.2. The molecule has 1 aromatic heterocycles. The van der Waals surface area contributed by atoms with E-state index in [4.69, 9.17) is 9.47 Å². The van der Waals surface area contributed by atoms with E-state index in [1.54, 1.807) is 11.3 Å². The molecule has 0 unspecified atom stereocenters. The van der Waals surface area contributed by atoms with Crippen LogP contribution in [-0.4, -0.2) is 0 Å². The summed E-state index contributed by atoms with van der Waals surface area (Å²) in [7, 11) is 0. The lowest BCUT2D eigenvalue weighted by atomic mass is 9.99. The molecule has 0 fully saturated rings. The maximum Gasteiger partial charge on any atom is 0.123 e. The topological polar surface area (TPSA) is 18.5 Å². The van der Waals surface area contributed by atoms with Crippen molar-refractivity contribution in [1.82, 2.24) is 0 Å². The van der Waals surface area contributed by atoms with Gasteiger partial charge in [0.05, 0.1) is 0 Å². The van der Waals surface area contributed by atoms with Gasteiger partial charge >= 0.3 is 0 Å². The van der Waals surface area contributed by atoms with E-state index in [0.29, 0.717) is 19.6 Å². The smallest absolute Gasteiger partial charge is 0.123 e. The zero-order valence-electron chi connectivity index (χ0n) is 21.3. The molecule has 0 aliphatic rings. The molecule has 6 rings (SSSR count). The lowest BCUT2D eigenvalue weighted by molar-refractivity contribution is 0.306. The van der Waals surface area contributed by atoms with E-state index in [0.717, 1.165) is 38.5 Å². The first-order valence-electron chi connectivity index (χ1n) is 12.9. The number of ether oxygens (including phenoxy) is 2. The third-order valence-corrected chi connectivity index (χ3v) is 7.92. The van der Waals surface area contributed by atoms with Crippen LogP contribution in [0.15, 0.2) is 127 Å². The van der Waals surface area contributed by atoms with Gasteiger partial charge in [-0.2, -0.15) is 0 Å². The van der Waals surface area contributed by atoms with Gasteiger partial charge in [-0.3, -0.25) is 0 Å². The van der Waals surface area contributed by atoms with Crippen molar-refractivity contribution in [3.8, 4) is 21.9 Å². The highest BCUT2D eigenvalue weighted by Gasteiger charge is 2.16. The number of rotatable bonds is 9. The van der Waals surface area contributed by atoms with E-state index < -0.39 is 0 Å². The monoisotopic (exact) mass is 530 g/mol. The van der Waals surface area contributed by atoms with Gasteiger partial charge in [0.2, 0.25) is 0 Å². The molecule has 0 N–H and O–H groups in total. The molecular weight excluding hydrogens is 503 g/mol. The summed E-state index contributed by atoms with van der Waals surface area (Å²) >= 11 is 1.76. The fourth-order valence-corrected chi connectivity index (χ4v) is 5.87. The van der Waals surface area contributed by atoms with Crippen LogP contribution < -0.4 is 9.47 Å². The minimum Gasteiger partial charge on any atom is -0.489 e. The molecule has 0 amide bonds. The van der Waals surface area contributed by atoms with Crippen LogP contribution in [-0.2, 0) is 19.6 Å². The predicted octanol–water partition coefficient (Wildman–Crippen LogP) is 9.46. The lowest BCUT2D eigenvalue weighted by Crippen LogP contribution is -1.95. The van der Waals surface area contributed by atoms with Crippen LogP contribution in [0.1, 0.15) is 22.3 Å². The molecule has 2 nitrogen and oxygen atoms in total. The first kappa shape index (κ1) is 24.9. The van der Waals surface area contributed by atoms with E-state index >= 15 is 0 Å². The summed E-state index contributed by atoms with van der Waals surface area (Å²) in [5.74, 6) is 1.46. The summed E-state index contributed by atoms with van der Waals surface area (Å²) in [4.78, 5) is 1.20. The third-order valence-electron chi connectivity index (χ3n) is 6.67. The maximum absolute atomic E-state index is 13.6.